The Morgan fingerprint density at radius 2 is 1.89 bits per heavy atom. The predicted octanol–water partition coefficient (Wildman–Crippen LogP) is 1.24. The summed E-state index contributed by atoms with van der Waals surface area (Å²) >= 11 is 5.34. The number of thiocarbonyl (C=S) groups is 1. The van der Waals surface area contributed by atoms with E-state index in [2.05, 4.69) is 6.07 Å². The standard InChI is InChI=1S/C14H16N2O2S/c17-13(14(19)15-7-9-18-10-8-15)16-6-5-11-3-1-2-4-12(11)16/h1-4H,5-10H2. The monoisotopic (exact) mass is 276 g/mol. The van der Waals surface area contributed by atoms with E-state index < -0.39 is 0 Å². The van der Waals surface area contributed by atoms with Crippen LogP contribution < -0.4 is 4.90 Å². The third-order valence-electron chi connectivity index (χ3n) is 3.61. The molecule has 1 aromatic carbocycles. The Kier molecular flexibility index (Phi) is 3.48. The van der Waals surface area contributed by atoms with E-state index in [0.717, 1.165) is 18.7 Å². The van der Waals surface area contributed by atoms with Gasteiger partial charge in [-0.25, -0.2) is 0 Å². The number of rotatable bonds is 0. The SMILES string of the molecule is O=C(C(=S)N1CCOCC1)N1CCc2ccccc21. The summed E-state index contributed by atoms with van der Waals surface area (Å²) in [7, 11) is 0. The fourth-order valence-corrected chi connectivity index (χ4v) is 2.86. The minimum atomic E-state index is -0.0538. The van der Waals surface area contributed by atoms with Gasteiger partial charge in [-0.05, 0) is 18.1 Å². The molecular formula is C14H16N2O2S. The van der Waals surface area contributed by atoms with Gasteiger partial charge in [0.05, 0.1) is 13.2 Å². The molecule has 5 heteroatoms. The van der Waals surface area contributed by atoms with Crippen LogP contribution in [-0.4, -0.2) is 48.6 Å². The van der Waals surface area contributed by atoms with Crippen molar-refractivity contribution < 1.29 is 9.53 Å². The normalized spacial score (nSPS) is 18.3. The van der Waals surface area contributed by atoms with E-state index in [0.29, 0.717) is 31.3 Å². The fourth-order valence-electron chi connectivity index (χ4n) is 2.57. The molecule has 0 radical (unpaired) electrons. The highest BCUT2D eigenvalue weighted by Crippen LogP contribution is 2.27. The number of fused-ring (bicyclic) bond motifs is 1. The molecule has 0 atom stereocenters. The lowest BCUT2D eigenvalue weighted by atomic mass is 10.2. The third-order valence-corrected chi connectivity index (χ3v) is 4.05. The van der Waals surface area contributed by atoms with E-state index in [4.69, 9.17) is 17.0 Å². The minimum Gasteiger partial charge on any atom is -0.378 e. The van der Waals surface area contributed by atoms with Crippen LogP contribution in [0.3, 0.4) is 0 Å². The Morgan fingerprint density at radius 3 is 2.68 bits per heavy atom. The first kappa shape index (κ1) is 12.6. The number of amides is 1. The smallest absolute Gasteiger partial charge is 0.285 e. The molecule has 0 aromatic heterocycles. The van der Waals surface area contributed by atoms with Crippen molar-refractivity contribution in [3.05, 3.63) is 29.8 Å². The first-order valence-corrected chi connectivity index (χ1v) is 6.94. The number of hydrogen-bond acceptors (Lipinski definition) is 3. The third kappa shape index (κ3) is 2.35. The van der Waals surface area contributed by atoms with E-state index >= 15 is 0 Å². The molecule has 100 valence electrons. The van der Waals surface area contributed by atoms with Crippen LogP contribution in [0.15, 0.2) is 24.3 Å². The van der Waals surface area contributed by atoms with Crippen LogP contribution in [0, 0.1) is 0 Å². The second-order valence-corrected chi connectivity index (χ2v) is 5.13. The summed E-state index contributed by atoms with van der Waals surface area (Å²) in [5, 5.41) is 0. The molecular weight excluding hydrogens is 260 g/mol. The summed E-state index contributed by atoms with van der Waals surface area (Å²) in [6.45, 7) is 3.43. The number of anilines is 1. The Balaban J connectivity index is 1.76. The zero-order chi connectivity index (χ0) is 13.2. The van der Waals surface area contributed by atoms with Crippen LogP contribution in [0.1, 0.15) is 5.56 Å². The van der Waals surface area contributed by atoms with Crippen molar-refractivity contribution in [1.82, 2.24) is 4.90 Å². The van der Waals surface area contributed by atoms with E-state index in [1.165, 1.54) is 5.56 Å². The van der Waals surface area contributed by atoms with Gasteiger partial charge in [-0.3, -0.25) is 4.79 Å². The van der Waals surface area contributed by atoms with Crippen molar-refractivity contribution >= 4 is 28.8 Å². The molecule has 19 heavy (non-hydrogen) atoms. The van der Waals surface area contributed by atoms with Crippen LogP contribution in [0.2, 0.25) is 0 Å². The largest absolute Gasteiger partial charge is 0.378 e. The van der Waals surface area contributed by atoms with Gasteiger partial charge >= 0.3 is 0 Å². The van der Waals surface area contributed by atoms with Crippen LogP contribution in [0.4, 0.5) is 5.69 Å². The maximum atomic E-state index is 12.5. The lowest BCUT2D eigenvalue weighted by Gasteiger charge is -2.30. The predicted molar refractivity (Wildman–Crippen MR) is 77.5 cm³/mol. The van der Waals surface area contributed by atoms with Crippen molar-refractivity contribution in [2.45, 2.75) is 6.42 Å². The fraction of sp³-hybridized carbons (Fsp3) is 0.429. The number of ether oxygens (including phenoxy) is 1. The van der Waals surface area contributed by atoms with Gasteiger partial charge in [0.25, 0.3) is 5.91 Å². The topological polar surface area (TPSA) is 32.8 Å². The Bertz CT molecular complexity index is 512. The lowest BCUT2D eigenvalue weighted by molar-refractivity contribution is -0.113. The van der Waals surface area contributed by atoms with Crippen LogP contribution in [0.25, 0.3) is 0 Å². The zero-order valence-corrected chi connectivity index (χ0v) is 11.5. The summed E-state index contributed by atoms with van der Waals surface area (Å²) in [5.74, 6) is -0.0538. The van der Waals surface area contributed by atoms with Crippen molar-refractivity contribution in [2.24, 2.45) is 0 Å². The second-order valence-electron chi connectivity index (χ2n) is 4.74. The molecule has 4 nitrogen and oxygen atoms in total. The van der Waals surface area contributed by atoms with Gasteiger partial charge in [-0.2, -0.15) is 0 Å². The summed E-state index contributed by atoms with van der Waals surface area (Å²) in [6.07, 6.45) is 0.910. The Morgan fingerprint density at radius 1 is 1.16 bits per heavy atom. The van der Waals surface area contributed by atoms with Gasteiger partial charge in [0.15, 0.2) is 4.99 Å². The summed E-state index contributed by atoms with van der Waals surface area (Å²) in [6, 6.07) is 8.03. The molecule has 0 N–H and O–H groups in total. The van der Waals surface area contributed by atoms with E-state index in [9.17, 15) is 4.79 Å². The van der Waals surface area contributed by atoms with Crippen LogP contribution in [-0.2, 0) is 16.0 Å². The van der Waals surface area contributed by atoms with Gasteiger partial charge in [0.1, 0.15) is 0 Å². The molecule has 2 heterocycles. The zero-order valence-electron chi connectivity index (χ0n) is 10.7. The highest BCUT2D eigenvalue weighted by molar-refractivity contribution is 7.82. The van der Waals surface area contributed by atoms with Crippen molar-refractivity contribution in [3.8, 4) is 0 Å². The highest BCUT2D eigenvalue weighted by Gasteiger charge is 2.29. The molecule has 2 aliphatic rings. The lowest BCUT2D eigenvalue weighted by Crippen LogP contribution is -2.48. The minimum absolute atomic E-state index is 0.0538. The maximum absolute atomic E-state index is 12.5. The van der Waals surface area contributed by atoms with E-state index in [1.54, 1.807) is 4.90 Å². The molecule has 0 saturated carbocycles. The van der Waals surface area contributed by atoms with E-state index in [-0.39, 0.29) is 5.91 Å². The molecule has 2 aliphatic heterocycles. The molecule has 0 bridgehead atoms. The van der Waals surface area contributed by atoms with Gasteiger partial charge in [-0.15, -0.1) is 0 Å². The van der Waals surface area contributed by atoms with Gasteiger partial charge in [-0.1, -0.05) is 30.4 Å². The molecule has 1 amide bonds. The molecule has 1 fully saturated rings. The summed E-state index contributed by atoms with van der Waals surface area (Å²) in [5.41, 5.74) is 2.23. The van der Waals surface area contributed by atoms with Crippen LogP contribution in [0.5, 0.6) is 0 Å². The molecule has 0 unspecified atom stereocenters. The number of benzene rings is 1. The number of nitrogens with zero attached hydrogens (tertiary/aromatic N) is 2. The maximum Gasteiger partial charge on any atom is 0.285 e. The summed E-state index contributed by atoms with van der Waals surface area (Å²) < 4.78 is 5.29. The number of carbonyl (C=O) groups excluding carboxylic acids is 1. The van der Waals surface area contributed by atoms with Crippen molar-refractivity contribution in [3.63, 3.8) is 0 Å². The first-order valence-electron chi connectivity index (χ1n) is 6.54. The number of para-hydroxylation sites is 1. The molecule has 1 saturated heterocycles. The average molecular weight is 276 g/mol. The molecule has 0 spiro atoms. The van der Waals surface area contributed by atoms with E-state index in [1.807, 2.05) is 23.1 Å². The number of hydrogen-bond donors (Lipinski definition) is 0. The number of morpholine rings is 1. The Labute approximate surface area is 117 Å². The van der Waals surface area contributed by atoms with Gasteiger partial charge in [0, 0.05) is 25.3 Å². The first-order chi connectivity index (χ1) is 9.27. The summed E-state index contributed by atoms with van der Waals surface area (Å²) in [4.78, 5) is 16.7. The van der Waals surface area contributed by atoms with Crippen LogP contribution >= 0.6 is 12.2 Å². The second kappa shape index (κ2) is 5.27. The Hall–Kier alpha value is -1.46. The van der Waals surface area contributed by atoms with Gasteiger partial charge < -0.3 is 14.5 Å². The molecule has 3 rings (SSSR count). The van der Waals surface area contributed by atoms with Crippen molar-refractivity contribution in [2.75, 3.05) is 37.7 Å². The van der Waals surface area contributed by atoms with Gasteiger partial charge in [0.2, 0.25) is 0 Å². The van der Waals surface area contributed by atoms with Crippen molar-refractivity contribution in [1.29, 1.82) is 0 Å². The molecule has 0 aliphatic carbocycles. The quantitative estimate of drug-likeness (QED) is 0.667. The number of carbonyl (C=O) groups is 1. The molecule has 1 aromatic rings. The average Bonchev–Trinajstić information content (AvgIpc) is 2.90. The highest BCUT2D eigenvalue weighted by atomic mass is 32.1.